The van der Waals surface area contributed by atoms with Crippen molar-refractivity contribution in [1.82, 2.24) is 0 Å². The van der Waals surface area contributed by atoms with Crippen LogP contribution in [0.3, 0.4) is 0 Å². The summed E-state index contributed by atoms with van der Waals surface area (Å²) >= 11 is 0. The van der Waals surface area contributed by atoms with Crippen LogP contribution in [0.1, 0.15) is 20.3 Å². The Bertz CT molecular complexity index is 214. The fourth-order valence-corrected chi connectivity index (χ4v) is 5.78. The van der Waals surface area contributed by atoms with Gasteiger partial charge in [-0.1, -0.05) is 25.7 Å². The molecule has 0 aliphatic carbocycles. The molecule has 0 bridgehead atoms. The Morgan fingerprint density at radius 3 is 1.93 bits per heavy atom. The standard InChI is InChI=1S/C12H28OSi2/c1-9-10-11-15(7,8)13-12(2,3)14(4,5)6/h9H,1,10-11H2,2-8H3. The monoisotopic (exact) mass is 244 g/mol. The third-order valence-corrected chi connectivity index (χ3v) is 9.76. The molecule has 15 heavy (non-hydrogen) atoms. The Hall–Kier alpha value is 0.134. The molecule has 1 nitrogen and oxygen atoms in total. The number of hydrogen-bond acceptors (Lipinski definition) is 1. The first kappa shape index (κ1) is 15.1. The van der Waals surface area contributed by atoms with Gasteiger partial charge in [0.25, 0.3) is 0 Å². The van der Waals surface area contributed by atoms with Crippen LogP contribution in [0.15, 0.2) is 12.7 Å². The third kappa shape index (κ3) is 5.13. The Kier molecular flexibility index (Phi) is 5.02. The zero-order valence-corrected chi connectivity index (χ0v) is 13.6. The van der Waals surface area contributed by atoms with E-state index in [2.05, 4.69) is 53.2 Å². The lowest BCUT2D eigenvalue weighted by Gasteiger charge is -2.43. The van der Waals surface area contributed by atoms with Gasteiger partial charge in [-0.2, -0.15) is 0 Å². The van der Waals surface area contributed by atoms with Crippen LogP contribution in [-0.2, 0) is 4.43 Å². The first-order chi connectivity index (χ1) is 6.52. The highest BCUT2D eigenvalue weighted by atomic mass is 28.4. The molecule has 0 aromatic rings. The van der Waals surface area contributed by atoms with E-state index in [1.807, 2.05) is 6.08 Å². The van der Waals surface area contributed by atoms with E-state index in [0.29, 0.717) is 0 Å². The highest BCUT2D eigenvalue weighted by Crippen LogP contribution is 2.29. The van der Waals surface area contributed by atoms with E-state index in [-0.39, 0.29) is 5.22 Å². The first-order valence-electron chi connectivity index (χ1n) is 5.83. The van der Waals surface area contributed by atoms with E-state index in [9.17, 15) is 0 Å². The number of allylic oxidation sites excluding steroid dienone is 1. The van der Waals surface area contributed by atoms with Gasteiger partial charge >= 0.3 is 0 Å². The van der Waals surface area contributed by atoms with Gasteiger partial charge in [-0.15, -0.1) is 6.58 Å². The highest BCUT2D eigenvalue weighted by Gasteiger charge is 2.40. The van der Waals surface area contributed by atoms with Gasteiger partial charge in [0.1, 0.15) is 0 Å². The van der Waals surface area contributed by atoms with E-state index in [1.165, 1.54) is 6.04 Å². The zero-order valence-electron chi connectivity index (χ0n) is 11.6. The van der Waals surface area contributed by atoms with Gasteiger partial charge in [-0.3, -0.25) is 0 Å². The van der Waals surface area contributed by atoms with Crippen LogP contribution in [0, 0.1) is 0 Å². The van der Waals surface area contributed by atoms with E-state index in [1.54, 1.807) is 0 Å². The maximum Gasteiger partial charge on any atom is 0.187 e. The summed E-state index contributed by atoms with van der Waals surface area (Å²) < 4.78 is 6.44. The van der Waals surface area contributed by atoms with Crippen molar-refractivity contribution in [3.05, 3.63) is 12.7 Å². The Morgan fingerprint density at radius 1 is 1.13 bits per heavy atom. The van der Waals surface area contributed by atoms with Gasteiger partial charge < -0.3 is 4.43 Å². The van der Waals surface area contributed by atoms with Crippen LogP contribution < -0.4 is 0 Å². The quantitative estimate of drug-likeness (QED) is 0.496. The van der Waals surface area contributed by atoms with E-state index >= 15 is 0 Å². The maximum absolute atomic E-state index is 6.44. The molecule has 0 atom stereocenters. The highest BCUT2D eigenvalue weighted by molar-refractivity contribution is 6.80. The summed E-state index contributed by atoms with van der Waals surface area (Å²) in [6.45, 7) is 20.1. The Labute approximate surface area is 98.1 Å². The molecule has 0 N–H and O–H groups in total. The molecule has 0 spiro atoms. The van der Waals surface area contributed by atoms with Crippen LogP contribution in [0.5, 0.6) is 0 Å². The minimum absolute atomic E-state index is 0.0872. The first-order valence-corrected chi connectivity index (χ1v) is 12.4. The van der Waals surface area contributed by atoms with Crippen LogP contribution in [0.2, 0.25) is 38.8 Å². The average Bonchev–Trinajstić information content (AvgIpc) is 1.96. The van der Waals surface area contributed by atoms with E-state index in [0.717, 1.165) is 6.42 Å². The van der Waals surface area contributed by atoms with Crippen molar-refractivity contribution < 1.29 is 4.43 Å². The van der Waals surface area contributed by atoms with Crippen LogP contribution in [0.4, 0.5) is 0 Å². The molecule has 0 saturated carbocycles. The largest absolute Gasteiger partial charge is 0.415 e. The lowest BCUT2D eigenvalue weighted by molar-refractivity contribution is 0.174. The summed E-state index contributed by atoms with van der Waals surface area (Å²) in [5.74, 6) is 0. The number of rotatable bonds is 6. The summed E-state index contributed by atoms with van der Waals surface area (Å²) in [7, 11) is -2.75. The molecule has 0 aromatic heterocycles. The molecule has 0 radical (unpaired) electrons. The number of hydrogen-bond donors (Lipinski definition) is 0. The molecular formula is C12H28OSi2. The van der Waals surface area contributed by atoms with Crippen molar-refractivity contribution in [2.24, 2.45) is 0 Å². The van der Waals surface area contributed by atoms with E-state index < -0.39 is 16.4 Å². The van der Waals surface area contributed by atoms with Crippen molar-refractivity contribution in [2.45, 2.75) is 64.3 Å². The van der Waals surface area contributed by atoms with Gasteiger partial charge in [0.05, 0.1) is 8.07 Å². The molecule has 90 valence electrons. The molecule has 0 aliphatic rings. The van der Waals surface area contributed by atoms with Crippen LogP contribution in [0.25, 0.3) is 0 Å². The SMILES string of the molecule is C=CCC[Si](C)(C)OC(C)(C)[Si](C)(C)C. The van der Waals surface area contributed by atoms with Gasteiger partial charge in [0, 0.05) is 5.22 Å². The molecule has 0 saturated heterocycles. The minimum Gasteiger partial charge on any atom is -0.415 e. The van der Waals surface area contributed by atoms with Crippen molar-refractivity contribution in [3.63, 3.8) is 0 Å². The summed E-state index contributed by atoms with van der Waals surface area (Å²) in [4.78, 5) is 0. The Morgan fingerprint density at radius 2 is 1.60 bits per heavy atom. The summed E-state index contributed by atoms with van der Waals surface area (Å²) in [6, 6.07) is 1.18. The van der Waals surface area contributed by atoms with Crippen molar-refractivity contribution in [3.8, 4) is 0 Å². The van der Waals surface area contributed by atoms with Gasteiger partial charge in [0.15, 0.2) is 8.32 Å². The summed E-state index contributed by atoms with van der Waals surface area (Å²) in [5, 5.41) is 0.0872. The zero-order chi connectivity index (χ0) is 12.3. The second-order valence-electron chi connectivity index (χ2n) is 6.45. The molecule has 0 amide bonds. The third-order valence-electron chi connectivity index (χ3n) is 3.29. The molecule has 0 aliphatic heterocycles. The average molecular weight is 245 g/mol. The molecular weight excluding hydrogens is 216 g/mol. The molecule has 0 aromatic carbocycles. The topological polar surface area (TPSA) is 9.23 Å². The Balaban J connectivity index is 4.49. The minimum atomic E-state index is -1.51. The van der Waals surface area contributed by atoms with E-state index in [4.69, 9.17) is 4.43 Å². The van der Waals surface area contributed by atoms with Gasteiger partial charge in [-0.05, 0) is 39.4 Å². The normalized spacial score (nSPS) is 14.1. The van der Waals surface area contributed by atoms with Gasteiger partial charge in [0.2, 0.25) is 0 Å². The predicted molar refractivity (Wildman–Crippen MR) is 75.6 cm³/mol. The molecule has 0 rings (SSSR count). The van der Waals surface area contributed by atoms with Crippen molar-refractivity contribution in [2.75, 3.05) is 0 Å². The van der Waals surface area contributed by atoms with Crippen molar-refractivity contribution >= 4 is 16.4 Å². The lowest BCUT2D eigenvalue weighted by atomic mass is 10.5. The maximum atomic E-state index is 6.44. The predicted octanol–water partition coefficient (Wildman–Crippen LogP) is 4.44. The lowest BCUT2D eigenvalue weighted by Crippen LogP contribution is -2.55. The second kappa shape index (κ2) is 4.98. The fraction of sp³-hybridized carbons (Fsp3) is 0.833. The molecule has 0 heterocycles. The van der Waals surface area contributed by atoms with Crippen LogP contribution >= 0.6 is 0 Å². The molecule has 3 heteroatoms. The van der Waals surface area contributed by atoms with Crippen molar-refractivity contribution in [1.29, 1.82) is 0 Å². The molecule has 0 unspecified atom stereocenters. The van der Waals surface area contributed by atoms with Gasteiger partial charge in [-0.25, -0.2) is 0 Å². The smallest absolute Gasteiger partial charge is 0.187 e. The second-order valence-corrected chi connectivity index (χ2v) is 16.4. The summed E-state index contributed by atoms with van der Waals surface area (Å²) in [6.07, 6.45) is 3.08. The van der Waals surface area contributed by atoms with Crippen LogP contribution in [-0.4, -0.2) is 21.6 Å². The fourth-order valence-electron chi connectivity index (χ4n) is 1.34. The summed E-state index contributed by atoms with van der Waals surface area (Å²) in [5.41, 5.74) is 0. The molecule has 0 fully saturated rings.